The van der Waals surface area contributed by atoms with Gasteiger partial charge in [-0.05, 0) is 25.0 Å². The van der Waals surface area contributed by atoms with E-state index < -0.39 is 17.4 Å². The maximum absolute atomic E-state index is 12.0. The van der Waals surface area contributed by atoms with E-state index in [0.29, 0.717) is 37.6 Å². The van der Waals surface area contributed by atoms with Crippen LogP contribution in [0.15, 0.2) is 18.3 Å². The maximum atomic E-state index is 12.0. The molecule has 4 N–H and O–H groups in total. The van der Waals surface area contributed by atoms with E-state index in [4.69, 9.17) is 15.2 Å². The molecule has 0 saturated carbocycles. The third-order valence-electron chi connectivity index (χ3n) is 3.77. The Morgan fingerprint density at radius 1 is 1.45 bits per heavy atom. The van der Waals surface area contributed by atoms with Crippen LogP contribution in [0.4, 0.5) is 10.5 Å². The summed E-state index contributed by atoms with van der Waals surface area (Å²) in [5.74, 6) is -0.108. The predicted octanol–water partition coefficient (Wildman–Crippen LogP) is 0.494. The number of hydrogen-bond donors (Lipinski definition) is 3. The number of primary amides is 1. The van der Waals surface area contributed by atoms with Gasteiger partial charge >= 0.3 is 6.03 Å². The minimum Gasteiger partial charge on any atom is -0.480 e. The van der Waals surface area contributed by atoms with E-state index >= 15 is 0 Å². The SMILES string of the molecule is COc1ncccc1NC(=O)NCC1(C(N)=O)CCOCC1. The third-order valence-corrected chi connectivity index (χ3v) is 3.77. The molecule has 0 bridgehead atoms. The van der Waals surface area contributed by atoms with Crippen molar-refractivity contribution >= 4 is 17.6 Å². The summed E-state index contributed by atoms with van der Waals surface area (Å²) in [6.07, 6.45) is 2.56. The topological polar surface area (TPSA) is 116 Å². The number of carbonyl (C=O) groups is 2. The van der Waals surface area contributed by atoms with Crippen molar-refractivity contribution in [1.82, 2.24) is 10.3 Å². The molecule has 0 spiro atoms. The number of nitrogens with two attached hydrogens (primary N) is 1. The Morgan fingerprint density at radius 3 is 2.82 bits per heavy atom. The van der Waals surface area contributed by atoms with Crippen molar-refractivity contribution in [3.05, 3.63) is 18.3 Å². The largest absolute Gasteiger partial charge is 0.480 e. The second-order valence-corrected chi connectivity index (χ2v) is 5.12. The Morgan fingerprint density at radius 2 is 2.18 bits per heavy atom. The number of rotatable bonds is 5. The van der Waals surface area contributed by atoms with Gasteiger partial charge in [0.05, 0.1) is 12.5 Å². The van der Waals surface area contributed by atoms with Crippen molar-refractivity contribution in [2.75, 3.05) is 32.2 Å². The summed E-state index contributed by atoms with van der Waals surface area (Å²) in [4.78, 5) is 27.7. The number of ether oxygens (including phenoxy) is 2. The third kappa shape index (κ3) is 3.64. The molecule has 22 heavy (non-hydrogen) atoms. The van der Waals surface area contributed by atoms with Gasteiger partial charge < -0.3 is 25.8 Å². The first-order chi connectivity index (χ1) is 10.6. The highest BCUT2D eigenvalue weighted by Gasteiger charge is 2.38. The van der Waals surface area contributed by atoms with E-state index in [1.54, 1.807) is 18.3 Å². The lowest BCUT2D eigenvalue weighted by atomic mass is 9.79. The van der Waals surface area contributed by atoms with Crippen LogP contribution in [0.3, 0.4) is 0 Å². The number of amides is 3. The van der Waals surface area contributed by atoms with Gasteiger partial charge in [0.25, 0.3) is 0 Å². The fourth-order valence-corrected chi connectivity index (χ4v) is 2.34. The van der Waals surface area contributed by atoms with E-state index in [-0.39, 0.29) is 6.54 Å². The number of carbonyl (C=O) groups excluding carboxylic acids is 2. The minimum atomic E-state index is -0.755. The summed E-state index contributed by atoms with van der Waals surface area (Å²) in [6, 6.07) is 2.91. The van der Waals surface area contributed by atoms with Crippen LogP contribution in [0, 0.1) is 5.41 Å². The summed E-state index contributed by atoms with van der Waals surface area (Å²) >= 11 is 0. The van der Waals surface area contributed by atoms with E-state index in [1.807, 2.05) is 0 Å². The van der Waals surface area contributed by atoms with Gasteiger partial charge in [-0.1, -0.05) is 0 Å². The van der Waals surface area contributed by atoms with E-state index in [1.165, 1.54) is 7.11 Å². The Hall–Kier alpha value is -2.35. The highest BCUT2D eigenvalue weighted by Crippen LogP contribution is 2.29. The molecule has 0 aromatic carbocycles. The van der Waals surface area contributed by atoms with Gasteiger partial charge in [-0.2, -0.15) is 0 Å². The molecule has 1 saturated heterocycles. The average Bonchev–Trinajstić information content (AvgIpc) is 2.54. The molecule has 8 nitrogen and oxygen atoms in total. The van der Waals surface area contributed by atoms with Crippen molar-refractivity contribution in [1.29, 1.82) is 0 Å². The zero-order valence-electron chi connectivity index (χ0n) is 12.4. The lowest BCUT2D eigenvalue weighted by Crippen LogP contribution is -2.50. The molecular weight excluding hydrogens is 288 g/mol. The van der Waals surface area contributed by atoms with Crippen LogP contribution < -0.4 is 21.1 Å². The maximum Gasteiger partial charge on any atom is 0.319 e. The first-order valence-corrected chi connectivity index (χ1v) is 6.99. The Kier molecular flexibility index (Phi) is 5.16. The molecule has 2 heterocycles. The molecule has 1 aliphatic heterocycles. The van der Waals surface area contributed by atoms with E-state index in [2.05, 4.69) is 15.6 Å². The summed E-state index contributed by atoms with van der Waals surface area (Å²) in [7, 11) is 1.47. The molecule has 8 heteroatoms. The van der Waals surface area contributed by atoms with Crippen molar-refractivity contribution in [3.8, 4) is 5.88 Å². The lowest BCUT2D eigenvalue weighted by molar-refractivity contribution is -0.132. The van der Waals surface area contributed by atoms with E-state index in [9.17, 15) is 9.59 Å². The lowest BCUT2D eigenvalue weighted by Gasteiger charge is -2.34. The molecule has 1 aromatic rings. The van der Waals surface area contributed by atoms with Crippen LogP contribution >= 0.6 is 0 Å². The van der Waals surface area contributed by atoms with Crippen molar-refractivity contribution < 1.29 is 19.1 Å². The highest BCUT2D eigenvalue weighted by molar-refractivity contribution is 5.91. The number of urea groups is 1. The molecule has 120 valence electrons. The average molecular weight is 308 g/mol. The van der Waals surface area contributed by atoms with Crippen molar-refractivity contribution in [2.45, 2.75) is 12.8 Å². The first-order valence-electron chi connectivity index (χ1n) is 6.99. The Bertz CT molecular complexity index is 543. The van der Waals surface area contributed by atoms with Gasteiger partial charge in [-0.25, -0.2) is 9.78 Å². The van der Waals surface area contributed by atoms with Gasteiger partial charge in [0.15, 0.2) is 0 Å². The molecule has 2 rings (SSSR count). The van der Waals surface area contributed by atoms with E-state index in [0.717, 1.165) is 0 Å². The molecule has 3 amide bonds. The summed E-state index contributed by atoms with van der Waals surface area (Å²) in [5.41, 5.74) is 5.18. The molecule has 0 unspecified atom stereocenters. The zero-order valence-corrected chi connectivity index (χ0v) is 12.4. The Labute approximate surface area is 128 Å². The normalized spacial score (nSPS) is 16.6. The van der Waals surface area contributed by atoms with Crippen molar-refractivity contribution in [3.63, 3.8) is 0 Å². The highest BCUT2D eigenvalue weighted by atomic mass is 16.5. The van der Waals surface area contributed by atoms with Gasteiger partial charge in [-0.3, -0.25) is 4.79 Å². The molecule has 1 aliphatic rings. The fraction of sp³-hybridized carbons (Fsp3) is 0.500. The van der Waals surface area contributed by atoms with Crippen LogP contribution in [0.5, 0.6) is 5.88 Å². The summed E-state index contributed by atoms with van der Waals surface area (Å²) < 4.78 is 10.3. The van der Waals surface area contributed by atoms with Crippen LogP contribution in [0.25, 0.3) is 0 Å². The number of hydrogen-bond acceptors (Lipinski definition) is 5. The smallest absolute Gasteiger partial charge is 0.319 e. The molecule has 0 atom stereocenters. The fourth-order valence-electron chi connectivity index (χ4n) is 2.34. The number of pyridine rings is 1. The number of anilines is 1. The van der Waals surface area contributed by atoms with Crippen LogP contribution in [-0.4, -0.2) is 43.8 Å². The second kappa shape index (κ2) is 7.08. The quantitative estimate of drug-likeness (QED) is 0.732. The Balaban J connectivity index is 1.95. The van der Waals surface area contributed by atoms with Gasteiger partial charge in [-0.15, -0.1) is 0 Å². The standard InChI is InChI=1S/C14H20N4O4/c1-21-11-10(3-2-6-16-11)18-13(20)17-9-14(12(15)19)4-7-22-8-5-14/h2-3,6H,4-5,7-9H2,1H3,(H2,15,19)(H2,17,18,20). The van der Waals surface area contributed by atoms with Gasteiger partial charge in [0.2, 0.25) is 11.8 Å². The van der Waals surface area contributed by atoms with Crippen molar-refractivity contribution in [2.24, 2.45) is 11.1 Å². The number of aromatic nitrogens is 1. The van der Waals surface area contributed by atoms with Gasteiger partial charge in [0, 0.05) is 26.0 Å². The zero-order chi connectivity index (χ0) is 16.0. The molecule has 1 aromatic heterocycles. The predicted molar refractivity (Wildman–Crippen MR) is 79.5 cm³/mol. The number of methoxy groups -OCH3 is 1. The molecule has 1 fully saturated rings. The van der Waals surface area contributed by atoms with Crippen LogP contribution in [0.2, 0.25) is 0 Å². The molecule has 0 aliphatic carbocycles. The van der Waals surface area contributed by atoms with Gasteiger partial charge in [0.1, 0.15) is 5.69 Å². The first kappa shape index (κ1) is 16.0. The monoisotopic (exact) mass is 308 g/mol. The number of nitrogens with zero attached hydrogens (tertiary/aromatic N) is 1. The van der Waals surface area contributed by atoms with Crippen LogP contribution in [-0.2, 0) is 9.53 Å². The summed E-state index contributed by atoms with van der Waals surface area (Å²) in [6.45, 7) is 1.09. The summed E-state index contributed by atoms with van der Waals surface area (Å²) in [5, 5.41) is 5.32. The molecular formula is C14H20N4O4. The number of nitrogens with one attached hydrogen (secondary N) is 2. The molecule has 0 radical (unpaired) electrons. The second-order valence-electron chi connectivity index (χ2n) is 5.12. The van der Waals surface area contributed by atoms with Crippen LogP contribution in [0.1, 0.15) is 12.8 Å². The minimum absolute atomic E-state index is 0.167.